The first-order chi connectivity index (χ1) is 16.4. The maximum atomic E-state index is 12.6. The van der Waals surface area contributed by atoms with E-state index in [4.69, 9.17) is 21.1 Å². The van der Waals surface area contributed by atoms with Crippen molar-refractivity contribution in [3.05, 3.63) is 74.5 Å². The predicted octanol–water partition coefficient (Wildman–Crippen LogP) is 6.33. The van der Waals surface area contributed by atoms with Crippen LogP contribution in [0.1, 0.15) is 37.5 Å². The van der Waals surface area contributed by atoms with Crippen LogP contribution >= 0.6 is 34.3 Å². The van der Waals surface area contributed by atoms with Crippen molar-refractivity contribution in [2.75, 3.05) is 18.5 Å². The van der Waals surface area contributed by atoms with Gasteiger partial charge >= 0.3 is 11.9 Å². The Morgan fingerprint density at radius 2 is 2.00 bits per heavy atom. The Balaban J connectivity index is 1.92. The van der Waals surface area contributed by atoms with E-state index in [0.717, 1.165) is 16.9 Å². The number of nitriles is 1. The van der Waals surface area contributed by atoms with E-state index in [1.165, 1.54) is 23.6 Å². The fourth-order valence-corrected chi connectivity index (χ4v) is 4.87. The lowest BCUT2D eigenvalue weighted by Gasteiger charge is -2.05. The van der Waals surface area contributed by atoms with Gasteiger partial charge in [-0.1, -0.05) is 36.4 Å². The lowest BCUT2D eigenvalue weighted by molar-refractivity contribution is 0.0527. The molecule has 0 unspecified atom stereocenters. The van der Waals surface area contributed by atoms with Crippen LogP contribution in [0, 0.1) is 18.3 Å². The third-order valence-corrected chi connectivity index (χ3v) is 6.82. The van der Waals surface area contributed by atoms with Crippen molar-refractivity contribution in [1.82, 2.24) is 4.98 Å². The zero-order valence-corrected chi connectivity index (χ0v) is 20.8. The number of aromatic nitrogens is 1. The minimum Gasteiger partial charge on any atom is -0.462 e. The molecule has 0 spiro atoms. The molecule has 0 fully saturated rings. The molecule has 0 radical (unpaired) electrons. The summed E-state index contributed by atoms with van der Waals surface area (Å²) in [6.07, 6.45) is 2.91. The number of carbonyl (C=O) groups is 2. The van der Waals surface area contributed by atoms with Crippen molar-refractivity contribution in [3.63, 3.8) is 0 Å². The molecule has 0 amide bonds. The van der Waals surface area contributed by atoms with Gasteiger partial charge in [-0.2, -0.15) is 5.26 Å². The maximum Gasteiger partial charge on any atom is 0.348 e. The van der Waals surface area contributed by atoms with E-state index in [1.54, 1.807) is 26.0 Å². The number of esters is 2. The number of nitrogens with zero attached hydrogens (tertiary/aromatic N) is 2. The molecule has 3 rings (SSSR count). The van der Waals surface area contributed by atoms with Crippen LogP contribution in [-0.2, 0) is 9.47 Å². The number of carbonyl (C=O) groups excluding carboxylic acids is 2. The highest BCUT2D eigenvalue weighted by Crippen LogP contribution is 2.35. The van der Waals surface area contributed by atoms with Crippen molar-refractivity contribution >= 4 is 56.8 Å². The van der Waals surface area contributed by atoms with E-state index in [-0.39, 0.29) is 29.2 Å². The monoisotopic (exact) mass is 513 g/mol. The standard InChI is InChI=1S/C24H20ClN3O4S2/c1-4-10-32-24(30)20-14(3)19(23(29)31-5-2)22(34-20)27-12-16(11-26)21-28-18(13-33-21)15-6-8-17(25)9-7-15/h4,6-9,12-13,27H,1,5,10H2,2-3H3. The van der Waals surface area contributed by atoms with Crippen LogP contribution in [0.3, 0.4) is 0 Å². The number of rotatable bonds is 9. The normalized spacial score (nSPS) is 10.9. The number of halogens is 1. The Bertz CT molecular complexity index is 1290. The Kier molecular flexibility index (Phi) is 8.60. The lowest BCUT2D eigenvalue weighted by atomic mass is 10.1. The molecule has 0 aliphatic heterocycles. The number of nitrogens with one attached hydrogen (secondary N) is 1. The van der Waals surface area contributed by atoms with E-state index in [1.807, 2.05) is 17.5 Å². The molecule has 1 N–H and O–H groups in total. The number of ether oxygens (including phenoxy) is 2. The van der Waals surface area contributed by atoms with Gasteiger partial charge in [0.15, 0.2) is 0 Å². The van der Waals surface area contributed by atoms with Gasteiger partial charge in [0.2, 0.25) is 0 Å². The second kappa shape index (κ2) is 11.6. The average Bonchev–Trinajstić information content (AvgIpc) is 3.44. The van der Waals surface area contributed by atoms with Crippen LogP contribution in [0.4, 0.5) is 5.00 Å². The van der Waals surface area contributed by atoms with Gasteiger partial charge in [0.1, 0.15) is 33.1 Å². The summed E-state index contributed by atoms with van der Waals surface area (Å²) in [4.78, 5) is 29.8. The predicted molar refractivity (Wildman–Crippen MR) is 135 cm³/mol. The van der Waals surface area contributed by atoms with Crippen LogP contribution in [0.5, 0.6) is 0 Å². The SMILES string of the molecule is C=CCOC(=O)c1sc(NC=C(C#N)c2nc(-c3ccc(Cl)cc3)cs2)c(C(=O)OCC)c1C. The molecule has 7 nitrogen and oxygen atoms in total. The van der Waals surface area contributed by atoms with E-state index in [2.05, 4.69) is 22.9 Å². The van der Waals surface area contributed by atoms with Crippen LogP contribution < -0.4 is 5.32 Å². The Labute approximate surface area is 209 Å². The van der Waals surface area contributed by atoms with E-state index >= 15 is 0 Å². The molecule has 3 aromatic rings. The fraction of sp³-hybridized carbons (Fsp3) is 0.167. The lowest BCUT2D eigenvalue weighted by Crippen LogP contribution is -2.09. The van der Waals surface area contributed by atoms with Crippen LogP contribution in [0.2, 0.25) is 5.02 Å². The molecular weight excluding hydrogens is 494 g/mol. The van der Waals surface area contributed by atoms with Crippen LogP contribution in [0.15, 0.2) is 48.5 Å². The summed E-state index contributed by atoms with van der Waals surface area (Å²) in [6, 6.07) is 9.36. The van der Waals surface area contributed by atoms with Crippen LogP contribution in [0.25, 0.3) is 16.8 Å². The number of thiophene rings is 1. The third kappa shape index (κ3) is 5.72. The molecule has 2 heterocycles. The van der Waals surface area contributed by atoms with Crippen molar-refractivity contribution in [2.45, 2.75) is 13.8 Å². The Hall–Kier alpha value is -3.45. The fourth-order valence-electron chi connectivity index (χ4n) is 2.89. The van der Waals surface area contributed by atoms with E-state index in [9.17, 15) is 14.9 Å². The zero-order chi connectivity index (χ0) is 24.7. The summed E-state index contributed by atoms with van der Waals surface area (Å²) in [5.41, 5.74) is 2.50. The summed E-state index contributed by atoms with van der Waals surface area (Å²) < 4.78 is 10.3. The number of thiazole rings is 1. The molecule has 0 bridgehead atoms. The summed E-state index contributed by atoms with van der Waals surface area (Å²) in [5.74, 6) is -1.15. The molecule has 0 aliphatic carbocycles. The van der Waals surface area contributed by atoms with Crippen LogP contribution in [-0.4, -0.2) is 30.1 Å². The number of allylic oxidation sites excluding steroid dienone is 1. The Morgan fingerprint density at radius 3 is 2.65 bits per heavy atom. The van der Waals surface area contributed by atoms with Gasteiger partial charge in [-0.15, -0.1) is 22.7 Å². The second-order valence-corrected chi connectivity index (χ2v) is 9.04. The molecule has 34 heavy (non-hydrogen) atoms. The Morgan fingerprint density at radius 1 is 1.26 bits per heavy atom. The topological polar surface area (TPSA) is 101 Å². The smallest absolute Gasteiger partial charge is 0.348 e. The third-order valence-electron chi connectivity index (χ3n) is 4.49. The van der Waals surface area contributed by atoms with Crippen molar-refractivity contribution in [2.24, 2.45) is 0 Å². The zero-order valence-electron chi connectivity index (χ0n) is 18.4. The molecule has 0 saturated heterocycles. The molecule has 0 aliphatic rings. The molecule has 10 heteroatoms. The molecule has 0 saturated carbocycles. The van der Waals surface area contributed by atoms with Gasteiger partial charge < -0.3 is 14.8 Å². The summed E-state index contributed by atoms with van der Waals surface area (Å²) in [5, 5.41) is 16.0. The minimum absolute atomic E-state index is 0.0478. The first-order valence-electron chi connectivity index (χ1n) is 10.1. The van der Waals surface area contributed by atoms with Crippen molar-refractivity contribution < 1.29 is 19.1 Å². The first kappa shape index (κ1) is 25.2. The number of benzene rings is 1. The van der Waals surface area contributed by atoms with E-state index < -0.39 is 11.9 Å². The van der Waals surface area contributed by atoms with Gasteiger partial charge in [-0.25, -0.2) is 14.6 Å². The van der Waals surface area contributed by atoms with Gasteiger partial charge in [-0.3, -0.25) is 0 Å². The van der Waals surface area contributed by atoms with Gasteiger partial charge in [0.25, 0.3) is 0 Å². The minimum atomic E-state index is -0.576. The molecule has 2 aromatic heterocycles. The number of hydrogen-bond donors (Lipinski definition) is 1. The summed E-state index contributed by atoms with van der Waals surface area (Å²) >= 11 is 8.30. The highest BCUT2D eigenvalue weighted by Gasteiger charge is 2.26. The quantitative estimate of drug-likeness (QED) is 0.202. The maximum absolute atomic E-state index is 12.6. The molecule has 174 valence electrons. The average molecular weight is 514 g/mol. The largest absolute Gasteiger partial charge is 0.462 e. The summed E-state index contributed by atoms with van der Waals surface area (Å²) in [6.45, 7) is 7.09. The molecular formula is C24H20ClN3O4S2. The number of anilines is 1. The second-order valence-electron chi connectivity index (χ2n) is 6.73. The highest BCUT2D eigenvalue weighted by atomic mass is 35.5. The van der Waals surface area contributed by atoms with Crippen molar-refractivity contribution in [3.8, 4) is 17.3 Å². The van der Waals surface area contributed by atoms with Crippen molar-refractivity contribution in [1.29, 1.82) is 5.26 Å². The number of hydrogen-bond acceptors (Lipinski definition) is 9. The summed E-state index contributed by atoms with van der Waals surface area (Å²) in [7, 11) is 0. The van der Waals surface area contributed by atoms with Gasteiger partial charge in [0, 0.05) is 22.2 Å². The van der Waals surface area contributed by atoms with Gasteiger partial charge in [-0.05, 0) is 31.5 Å². The molecule has 1 aromatic carbocycles. The first-order valence-corrected chi connectivity index (χ1v) is 12.1. The molecule has 0 atom stereocenters. The van der Waals surface area contributed by atoms with E-state index in [0.29, 0.717) is 26.3 Å². The highest BCUT2D eigenvalue weighted by molar-refractivity contribution is 7.18. The van der Waals surface area contributed by atoms with Gasteiger partial charge in [0.05, 0.1) is 17.9 Å².